The Labute approximate surface area is 110 Å². The van der Waals surface area contributed by atoms with Gasteiger partial charge < -0.3 is 10.4 Å². The van der Waals surface area contributed by atoms with E-state index >= 15 is 0 Å². The summed E-state index contributed by atoms with van der Waals surface area (Å²) in [5.41, 5.74) is 0.103. The first-order valence-electron chi connectivity index (χ1n) is 6.35. The van der Waals surface area contributed by atoms with Gasteiger partial charge in [0.15, 0.2) is 0 Å². The van der Waals surface area contributed by atoms with Crippen LogP contribution in [-0.2, 0) is 0 Å². The van der Waals surface area contributed by atoms with Crippen molar-refractivity contribution in [3.8, 4) is 0 Å². The minimum atomic E-state index is -0.619. The summed E-state index contributed by atoms with van der Waals surface area (Å²) in [6, 6.07) is 3.51. The van der Waals surface area contributed by atoms with Gasteiger partial charge in [-0.05, 0) is 36.8 Å². The topological polar surface area (TPSA) is 75.4 Å². The second-order valence-corrected chi connectivity index (χ2v) is 5.10. The lowest BCUT2D eigenvalue weighted by molar-refractivity contribution is -0.384. The fourth-order valence-electron chi connectivity index (χ4n) is 2.52. The maximum atomic E-state index is 13.0. The van der Waals surface area contributed by atoms with Crippen molar-refractivity contribution >= 4 is 11.4 Å². The lowest BCUT2D eigenvalue weighted by Crippen LogP contribution is -2.37. The summed E-state index contributed by atoms with van der Waals surface area (Å²) in [6.07, 6.45) is 3.83. The maximum Gasteiger partial charge on any atom is 0.295 e. The van der Waals surface area contributed by atoms with Crippen LogP contribution in [0.1, 0.15) is 25.7 Å². The third-order valence-corrected chi connectivity index (χ3v) is 3.87. The van der Waals surface area contributed by atoms with Crippen LogP contribution in [-0.4, -0.2) is 23.2 Å². The SMILES string of the molecule is O=[N+]([O-])c1cc(F)ccc1NCC1(CCO)CCC1. The molecule has 6 heteroatoms. The average Bonchev–Trinajstić information content (AvgIpc) is 2.33. The van der Waals surface area contributed by atoms with E-state index in [1.807, 2.05) is 0 Å². The number of hydrogen-bond acceptors (Lipinski definition) is 4. The van der Waals surface area contributed by atoms with Crippen molar-refractivity contribution in [2.24, 2.45) is 5.41 Å². The predicted octanol–water partition coefficient (Wildman–Crippen LogP) is 2.70. The van der Waals surface area contributed by atoms with Crippen LogP contribution in [0.15, 0.2) is 18.2 Å². The summed E-state index contributed by atoms with van der Waals surface area (Å²) in [7, 11) is 0. The lowest BCUT2D eigenvalue weighted by atomic mass is 9.67. The molecule has 1 aromatic rings. The summed E-state index contributed by atoms with van der Waals surface area (Å²) in [5, 5.41) is 23.0. The second-order valence-electron chi connectivity index (χ2n) is 5.10. The highest BCUT2D eigenvalue weighted by Gasteiger charge is 2.36. The number of nitrogens with zero attached hydrogens (tertiary/aromatic N) is 1. The van der Waals surface area contributed by atoms with Gasteiger partial charge in [-0.15, -0.1) is 0 Å². The van der Waals surface area contributed by atoms with Gasteiger partial charge in [0, 0.05) is 13.2 Å². The quantitative estimate of drug-likeness (QED) is 0.614. The van der Waals surface area contributed by atoms with E-state index in [0.717, 1.165) is 25.3 Å². The molecule has 0 aromatic heterocycles. The maximum absolute atomic E-state index is 13.0. The zero-order valence-electron chi connectivity index (χ0n) is 10.6. The number of hydrogen-bond donors (Lipinski definition) is 2. The van der Waals surface area contributed by atoms with Crippen LogP contribution in [0.5, 0.6) is 0 Å². The van der Waals surface area contributed by atoms with Crippen molar-refractivity contribution in [2.75, 3.05) is 18.5 Å². The molecule has 0 aliphatic heterocycles. The largest absolute Gasteiger partial charge is 0.396 e. The molecule has 19 heavy (non-hydrogen) atoms. The zero-order chi connectivity index (χ0) is 13.9. The van der Waals surface area contributed by atoms with E-state index in [2.05, 4.69) is 5.32 Å². The Balaban J connectivity index is 2.09. The minimum absolute atomic E-state index is 0.0248. The van der Waals surface area contributed by atoms with Crippen LogP contribution in [0.3, 0.4) is 0 Å². The fraction of sp³-hybridized carbons (Fsp3) is 0.538. The van der Waals surface area contributed by atoms with Crippen LogP contribution < -0.4 is 5.32 Å². The summed E-state index contributed by atoms with van der Waals surface area (Å²) in [6.45, 7) is 0.688. The molecule has 2 rings (SSSR count). The molecule has 1 aliphatic carbocycles. The molecule has 0 unspecified atom stereocenters. The third-order valence-electron chi connectivity index (χ3n) is 3.87. The van der Waals surface area contributed by atoms with E-state index in [9.17, 15) is 14.5 Å². The van der Waals surface area contributed by atoms with E-state index in [1.165, 1.54) is 12.1 Å². The number of nitrogens with one attached hydrogen (secondary N) is 1. The Morgan fingerprint density at radius 1 is 1.47 bits per heavy atom. The molecule has 0 radical (unpaired) electrons. The zero-order valence-corrected chi connectivity index (χ0v) is 10.6. The van der Waals surface area contributed by atoms with Gasteiger partial charge in [-0.3, -0.25) is 10.1 Å². The molecule has 104 valence electrons. The highest BCUT2D eigenvalue weighted by Crippen LogP contribution is 2.44. The molecule has 0 atom stereocenters. The molecule has 1 aliphatic rings. The van der Waals surface area contributed by atoms with Gasteiger partial charge in [0.2, 0.25) is 0 Å². The lowest BCUT2D eigenvalue weighted by Gasteiger charge is -2.42. The first-order valence-corrected chi connectivity index (χ1v) is 6.35. The number of benzene rings is 1. The molecular weight excluding hydrogens is 251 g/mol. The smallest absolute Gasteiger partial charge is 0.295 e. The molecule has 1 aromatic carbocycles. The van der Waals surface area contributed by atoms with Crippen molar-refractivity contribution in [1.82, 2.24) is 0 Å². The van der Waals surface area contributed by atoms with Crippen LogP contribution >= 0.6 is 0 Å². The highest BCUT2D eigenvalue weighted by atomic mass is 19.1. The van der Waals surface area contributed by atoms with E-state index in [4.69, 9.17) is 5.11 Å². The number of anilines is 1. The van der Waals surface area contributed by atoms with Crippen molar-refractivity contribution in [2.45, 2.75) is 25.7 Å². The Morgan fingerprint density at radius 2 is 2.21 bits per heavy atom. The van der Waals surface area contributed by atoms with Gasteiger partial charge in [0.05, 0.1) is 11.0 Å². The Bertz CT molecular complexity index is 475. The van der Waals surface area contributed by atoms with Gasteiger partial charge in [0.1, 0.15) is 11.5 Å². The number of rotatable bonds is 6. The van der Waals surface area contributed by atoms with Crippen molar-refractivity contribution in [3.63, 3.8) is 0 Å². The van der Waals surface area contributed by atoms with Gasteiger partial charge in [0.25, 0.3) is 5.69 Å². The molecule has 5 nitrogen and oxygen atoms in total. The standard InChI is InChI=1S/C13H17FN2O3/c14-10-2-3-11(12(8-10)16(18)19)15-9-13(6-7-17)4-1-5-13/h2-3,8,15,17H,1,4-7,9H2. The molecule has 1 fully saturated rings. The summed E-state index contributed by atoms with van der Waals surface area (Å²) >= 11 is 0. The number of nitro groups is 1. The first-order chi connectivity index (χ1) is 9.06. The van der Waals surface area contributed by atoms with E-state index in [1.54, 1.807) is 0 Å². The predicted molar refractivity (Wildman–Crippen MR) is 69.5 cm³/mol. The van der Waals surface area contributed by atoms with Gasteiger partial charge >= 0.3 is 0 Å². The first kappa shape index (κ1) is 13.7. The van der Waals surface area contributed by atoms with Gasteiger partial charge in [-0.1, -0.05) is 6.42 Å². The monoisotopic (exact) mass is 268 g/mol. The third kappa shape index (κ3) is 3.01. The van der Waals surface area contributed by atoms with E-state index in [0.29, 0.717) is 18.7 Å². The van der Waals surface area contributed by atoms with Crippen LogP contribution in [0.2, 0.25) is 0 Å². The molecule has 2 N–H and O–H groups in total. The molecule has 0 saturated heterocycles. The van der Waals surface area contributed by atoms with Crippen LogP contribution in [0, 0.1) is 21.3 Å². The number of aliphatic hydroxyl groups excluding tert-OH is 1. The fourth-order valence-corrected chi connectivity index (χ4v) is 2.52. The Kier molecular flexibility index (Phi) is 3.99. The van der Waals surface area contributed by atoms with Gasteiger partial charge in [-0.2, -0.15) is 0 Å². The summed E-state index contributed by atoms with van der Waals surface area (Å²) < 4.78 is 13.0. The van der Waals surface area contributed by atoms with Crippen LogP contribution in [0.25, 0.3) is 0 Å². The Hall–Kier alpha value is -1.69. The molecule has 0 spiro atoms. The Morgan fingerprint density at radius 3 is 2.74 bits per heavy atom. The van der Waals surface area contributed by atoms with Gasteiger partial charge in [-0.25, -0.2) is 4.39 Å². The van der Waals surface area contributed by atoms with Crippen molar-refractivity contribution in [1.29, 1.82) is 0 Å². The number of halogens is 1. The average molecular weight is 268 g/mol. The van der Waals surface area contributed by atoms with E-state index in [-0.39, 0.29) is 17.7 Å². The normalized spacial score (nSPS) is 16.7. The molecule has 1 saturated carbocycles. The summed E-state index contributed by atoms with van der Waals surface area (Å²) in [4.78, 5) is 10.3. The molecule has 0 amide bonds. The number of nitro benzene ring substituents is 1. The molecule has 0 heterocycles. The van der Waals surface area contributed by atoms with Crippen molar-refractivity contribution < 1.29 is 14.4 Å². The molecular formula is C13H17FN2O3. The molecule has 0 bridgehead atoms. The van der Waals surface area contributed by atoms with Crippen molar-refractivity contribution in [3.05, 3.63) is 34.1 Å². The minimum Gasteiger partial charge on any atom is -0.396 e. The number of aliphatic hydroxyl groups is 1. The van der Waals surface area contributed by atoms with Crippen LogP contribution in [0.4, 0.5) is 15.8 Å². The summed E-state index contributed by atoms with van der Waals surface area (Å²) in [5.74, 6) is -0.619. The highest BCUT2D eigenvalue weighted by molar-refractivity contribution is 5.61. The second kappa shape index (κ2) is 5.52. The van der Waals surface area contributed by atoms with E-state index < -0.39 is 10.7 Å².